The highest BCUT2D eigenvalue weighted by molar-refractivity contribution is 5.68. The van der Waals surface area contributed by atoms with Gasteiger partial charge in [-0.25, -0.2) is 13.8 Å². The van der Waals surface area contributed by atoms with Gasteiger partial charge < -0.3 is 20.5 Å². The molecule has 0 aliphatic rings. The number of aromatic nitrogens is 2. The van der Waals surface area contributed by atoms with E-state index in [0.717, 1.165) is 18.2 Å². The summed E-state index contributed by atoms with van der Waals surface area (Å²) < 4.78 is 68.7. The molecule has 6 nitrogen and oxygen atoms in total. The zero-order chi connectivity index (χ0) is 22.6. The van der Waals surface area contributed by atoms with E-state index in [4.69, 9.17) is 0 Å². The average Bonchev–Trinajstić information content (AvgIpc) is 2.69. The Morgan fingerprint density at radius 1 is 1.06 bits per heavy atom. The van der Waals surface area contributed by atoms with Crippen LogP contribution in [0.1, 0.15) is 6.92 Å². The van der Waals surface area contributed by atoms with Crippen molar-refractivity contribution in [2.45, 2.75) is 19.3 Å². The van der Waals surface area contributed by atoms with Crippen LogP contribution in [-0.4, -0.2) is 34.1 Å². The van der Waals surface area contributed by atoms with E-state index in [1.807, 2.05) is 0 Å². The van der Waals surface area contributed by atoms with Crippen LogP contribution in [0.2, 0.25) is 0 Å². The first kappa shape index (κ1) is 22.2. The molecule has 164 valence electrons. The van der Waals surface area contributed by atoms with Crippen molar-refractivity contribution in [1.29, 1.82) is 0 Å². The molecule has 0 radical (unpaired) electrons. The van der Waals surface area contributed by atoms with Gasteiger partial charge in [0.15, 0.2) is 0 Å². The van der Waals surface area contributed by atoms with Gasteiger partial charge in [0, 0.05) is 23.7 Å². The number of halogens is 5. The lowest BCUT2D eigenvalue weighted by Gasteiger charge is -2.15. The van der Waals surface area contributed by atoms with Crippen LogP contribution in [0.25, 0.3) is 11.3 Å². The smallest absolute Gasteiger partial charge is 0.406 e. The highest BCUT2D eigenvalue weighted by atomic mass is 19.4. The Bertz CT molecular complexity index is 1060. The SMILES string of the molecule is C[C@@H](CO)Nc1nc(Nc2ccc(F)cc2F)cc(-c2cccc(OC(F)(F)F)c2)n1. The van der Waals surface area contributed by atoms with Crippen molar-refractivity contribution < 1.29 is 31.8 Å². The minimum atomic E-state index is -4.86. The fourth-order valence-electron chi connectivity index (χ4n) is 2.57. The van der Waals surface area contributed by atoms with Crippen LogP contribution >= 0.6 is 0 Å². The summed E-state index contributed by atoms with van der Waals surface area (Å²) >= 11 is 0. The Kier molecular flexibility index (Phi) is 6.54. The summed E-state index contributed by atoms with van der Waals surface area (Å²) in [4.78, 5) is 8.41. The van der Waals surface area contributed by atoms with Crippen molar-refractivity contribution in [1.82, 2.24) is 9.97 Å². The predicted octanol–water partition coefficient (Wildman–Crippen LogP) is 4.86. The molecule has 2 aromatic carbocycles. The second-order valence-corrected chi connectivity index (χ2v) is 6.51. The van der Waals surface area contributed by atoms with Crippen molar-refractivity contribution >= 4 is 17.5 Å². The van der Waals surface area contributed by atoms with E-state index in [-0.39, 0.29) is 35.3 Å². The van der Waals surface area contributed by atoms with Gasteiger partial charge in [-0.3, -0.25) is 0 Å². The molecule has 31 heavy (non-hydrogen) atoms. The molecule has 1 atom stereocenters. The summed E-state index contributed by atoms with van der Waals surface area (Å²) in [6, 6.07) is 8.99. The number of anilines is 3. The zero-order valence-electron chi connectivity index (χ0n) is 16.0. The van der Waals surface area contributed by atoms with E-state index in [2.05, 4.69) is 25.3 Å². The van der Waals surface area contributed by atoms with Gasteiger partial charge in [-0.05, 0) is 31.2 Å². The third-order valence-electron chi connectivity index (χ3n) is 3.93. The fraction of sp³-hybridized carbons (Fsp3) is 0.200. The zero-order valence-corrected chi connectivity index (χ0v) is 16.0. The Balaban J connectivity index is 2.00. The molecule has 0 spiro atoms. The van der Waals surface area contributed by atoms with Gasteiger partial charge in [-0.2, -0.15) is 4.98 Å². The van der Waals surface area contributed by atoms with Gasteiger partial charge in [-0.15, -0.1) is 13.2 Å². The molecule has 11 heteroatoms. The summed E-state index contributed by atoms with van der Waals surface area (Å²) in [6.45, 7) is 1.42. The van der Waals surface area contributed by atoms with Crippen LogP contribution in [-0.2, 0) is 0 Å². The Morgan fingerprint density at radius 3 is 2.52 bits per heavy atom. The van der Waals surface area contributed by atoms with Crippen molar-refractivity contribution in [3.63, 3.8) is 0 Å². The number of rotatable bonds is 7. The van der Waals surface area contributed by atoms with Crippen LogP contribution in [0.3, 0.4) is 0 Å². The Hall–Kier alpha value is -3.47. The van der Waals surface area contributed by atoms with E-state index in [0.29, 0.717) is 6.07 Å². The maximum absolute atomic E-state index is 14.0. The summed E-state index contributed by atoms with van der Waals surface area (Å²) in [6.07, 6.45) is -4.86. The third kappa shape index (κ3) is 6.25. The number of alkyl halides is 3. The molecule has 0 aliphatic heterocycles. The summed E-state index contributed by atoms with van der Waals surface area (Å²) in [5.74, 6) is -1.94. The second kappa shape index (κ2) is 9.13. The normalized spacial score (nSPS) is 12.4. The molecule has 0 aliphatic carbocycles. The summed E-state index contributed by atoms with van der Waals surface area (Å²) in [5, 5.41) is 14.8. The number of ether oxygens (including phenoxy) is 1. The van der Waals surface area contributed by atoms with E-state index in [1.54, 1.807) is 6.92 Å². The van der Waals surface area contributed by atoms with Gasteiger partial charge in [0.2, 0.25) is 5.95 Å². The van der Waals surface area contributed by atoms with Gasteiger partial charge in [-0.1, -0.05) is 12.1 Å². The van der Waals surface area contributed by atoms with Crippen molar-refractivity contribution in [3.8, 4) is 17.0 Å². The van der Waals surface area contributed by atoms with Gasteiger partial charge in [0.05, 0.1) is 18.0 Å². The number of aliphatic hydroxyl groups is 1. The molecule has 3 rings (SSSR count). The fourth-order valence-corrected chi connectivity index (χ4v) is 2.57. The van der Waals surface area contributed by atoms with E-state index >= 15 is 0 Å². The number of hydrogen-bond acceptors (Lipinski definition) is 6. The molecule has 0 unspecified atom stereocenters. The van der Waals surface area contributed by atoms with Gasteiger partial charge in [0.1, 0.15) is 23.2 Å². The van der Waals surface area contributed by atoms with Crippen molar-refractivity contribution in [2.75, 3.05) is 17.2 Å². The standard InChI is InChI=1S/C20H17F5N4O2/c1-11(10-30)26-19-28-17(12-3-2-4-14(7-12)31-20(23,24)25)9-18(29-19)27-16-6-5-13(21)8-15(16)22/h2-9,11,30H,10H2,1H3,(H2,26,27,28,29)/t11-/m0/s1. The lowest BCUT2D eigenvalue weighted by atomic mass is 10.1. The molecule has 3 aromatic rings. The number of nitrogens with one attached hydrogen (secondary N) is 2. The third-order valence-corrected chi connectivity index (χ3v) is 3.93. The molecule has 0 bridgehead atoms. The largest absolute Gasteiger partial charge is 0.573 e. The van der Waals surface area contributed by atoms with Crippen LogP contribution in [0.5, 0.6) is 5.75 Å². The van der Waals surface area contributed by atoms with Crippen LogP contribution in [0.15, 0.2) is 48.5 Å². The highest BCUT2D eigenvalue weighted by Crippen LogP contribution is 2.29. The molecular weight excluding hydrogens is 423 g/mol. The first-order chi connectivity index (χ1) is 14.6. The first-order valence-electron chi connectivity index (χ1n) is 8.97. The Labute approximate surface area is 173 Å². The lowest BCUT2D eigenvalue weighted by Crippen LogP contribution is -2.21. The minimum absolute atomic E-state index is 0.0335. The molecule has 0 fully saturated rings. The van der Waals surface area contributed by atoms with Crippen LogP contribution in [0.4, 0.5) is 39.4 Å². The lowest BCUT2D eigenvalue weighted by molar-refractivity contribution is -0.274. The monoisotopic (exact) mass is 440 g/mol. The topological polar surface area (TPSA) is 79.3 Å². The van der Waals surface area contributed by atoms with E-state index < -0.39 is 29.8 Å². The molecule has 0 saturated carbocycles. The number of aliphatic hydroxyl groups excluding tert-OH is 1. The summed E-state index contributed by atoms with van der Waals surface area (Å²) in [5.41, 5.74) is 0.396. The first-order valence-corrected chi connectivity index (χ1v) is 8.97. The van der Waals surface area contributed by atoms with Crippen molar-refractivity contribution in [2.24, 2.45) is 0 Å². The maximum Gasteiger partial charge on any atom is 0.573 e. The molecule has 1 aromatic heterocycles. The molecule has 3 N–H and O–H groups in total. The number of nitrogens with zero attached hydrogens (tertiary/aromatic N) is 2. The second-order valence-electron chi connectivity index (χ2n) is 6.51. The molecule has 1 heterocycles. The highest BCUT2D eigenvalue weighted by Gasteiger charge is 2.31. The number of benzene rings is 2. The summed E-state index contributed by atoms with van der Waals surface area (Å²) in [7, 11) is 0. The minimum Gasteiger partial charge on any atom is -0.406 e. The number of hydrogen-bond donors (Lipinski definition) is 3. The predicted molar refractivity (Wildman–Crippen MR) is 104 cm³/mol. The molecule has 0 saturated heterocycles. The van der Waals surface area contributed by atoms with E-state index in [1.165, 1.54) is 24.3 Å². The van der Waals surface area contributed by atoms with E-state index in [9.17, 15) is 27.1 Å². The average molecular weight is 440 g/mol. The quantitative estimate of drug-likeness (QED) is 0.456. The van der Waals surface area contributed by atoms with Gasteiger partial charge >= 0.3 is 6.36 Å². The van der Waals surface area contributed by atoms with Gasteiger partial charge in [0.25, 0.3) is 0 Å². The molecular formula is C20H17F5N4O2. The Morgan fingerprint density at radius 2 is 1.84 bits per heavy atom. The molecule has 0 amide bonds. The van der Waals surface area contributed by atoms with Crippen LogP contribution in [0, 0.1) is 11.6 Å². The van der Waals surface area contributed by atoms with Crippen LogP contribution < -0.4 is 15.4 Å². The maximum atomic E-state index is 14.0. The van der Waals surface area contributed by atoms with Crippen molar-refractivity contribution in [3.05, 3.63) is 60.2 Å².